The van der Waals surface area contributed by atoms with Crippen LogP contribution in [0.3, 0.4) is 0 Å². The SMILES string of the molecule is CCNC(=O)c1c(N(C)C(C)(C)C)ccc(C)c1Cl. The number of aryl methyl sites for hydroxylation is 1. The molecule has 0 aliphatic rings. The third kappa shape index (κ3) is 3.41. The summed E-state index contributed by atoms with van der Waals surface area (Å²) in [6.07, 6.45) is 0. The molecule has 0 fully saturated rings. The summed E-state index contributed by atoms with van der Waals surface area (Å²) in [7, 11) is 1.98. The summed E-state index contributed by atoms with van der Waals surface area (Å²) in [5.41, 5.74) is 2.24. The number of anilines is 1. The largest absolute Gasteiger partial charge is 0.369 e. The Morgan fingerprint density at radius 1 is 1.37 bits per heavy atom. The molecule has 1 aromatic carbocycles. The van der Waals surface area contributed by atoms with Crippen molar-refractivity contribution in [2.75, 3.05) is 18.5 Å². The molecule has 0 heterocycles. The summed E-state index contributed by atoms with van der Waals surface area (Å²) < 4.78 is 0. The maximum absolute atomic E-state index is 12.2. The van der Waals surface area contributed by atoms with Crippen LogP contribution in [0.25, 0.3) is 0 Å². The summed E-state index contributed by atoms with van der Waals surface area (Å²) in [6, 6.07) is 3.90. The smallest absolute Gasteiger partial charge is 0.254 e. The molecule has 1 N–H and O–H groups in total. The first-order chi connectivity index (χ1) is 8.70. The monoisotopic (exact) mass is 282 g/mol. The molecule has 19 heavy (non-hydrogen) atoms. The van der Waals surface area contributed by atoms with Gasteiger partial charge in [-0.2, -0.15) is 0 Å². The Morgan fingerprint density at radius 2 is 1.95 bits per heavy atom. The van der Waals surface area contributed by atoms with Crippen molar-refractivity contribution in [2.45, 2.75) is 40.2 Å². The Hall–Kier alpha value is -1.22. The molecule has 0 bridgehead atoms. The molecule has 0 saturated carbocycles. The molecule has 0 aliphatic heterocycles. The number of amides is 1. The zero-order valence-corrected chi connectivity index (χ0v) is 13.4. The summed E-state index contributed by atoms with van der Waals surface area (Å²) in [4.78, 5) is 14.3. The molecule has 0 radical (unpaired) electrons. The van der Waals surface area contributed by atoms with Gasteiger partial charge in [0.15, 0.2) is 0 Å². The fourth-order valence-corrected chi connectivity index (χ4v) is 2.02. The number of carbonyl (C=O) groups excluding carboxylic acids is 1. The van der Waals surface area contributed by atoms with Crippen molar-refractivity contribution in [3.8, 4) is 0 Å². The molecule has 0 spiro atoms. The normalized spacial score (nSPS) is 11.3. The minimum Gasteiger partial charge on any atom is -0.369 e. The van der Waals surface area contributed by atoms with Gasteiger partial charge in [0.1, 0.15) is 0 Å². The Kier molecular flexibility index (Phi) is 4.86. The lowest BCUT2D eigenvalue weighted by Gasteiger charge is -2.35. The number of hydrogen-bond acceptors (Lipinski definition) is 2. The Balaban J connectivity index is 3.40. The quantitative estimate of drug-likeness (QED) is 0.918. The predicted molar refractivity (Wildman–Crippen MR) is 82.4 cm³/mol. The maximum Gasteiger partial charge on any atom is 0.254 e. The highest BCUT2D eigenvalue weighted by Gasteiger charge is 2.24. The molecule has 0 unspecified atom stereocenters. The predicted octanol–water partition coefficient (Wildman–Crippen LogP) is 3.63. The van der Waals surface area contributed by atoms with Crippen LogP contribution >= 0.6 is 11.6 Å². The molecule has 3 nitrogen and oxygen atoms in total. The Labute approximate surface area is 120 Å². The van der Waals surface area contributed by atoms with Crippen molar-refractivity contribution in [1.29, 1.82) is 0 Å². The summed E-state index contributed by atoms with van der Waals surface area (Å²) in [5.74, 6) is -0.123. The number of halogens is 1. The van der Waals surface area contributed by atoms with Gasteiger partial charge in [0.05, 0.1) is 16.3 Å². The summed E-state index contributed by atoms with van der Waals surface area (Å²) >= 11 is 6.34. The first kappa shape index (κ1) is 15.8. The van der Waals surface area contributed by atoms with E-state index in [1.54, 1.807) is 0 Å². The van der Waals surface area contributed by atoms with Crippen LogP contribution in [0.1, 0.15) is 43.6 Å². The lowest BCUT2D eigenvalue weighted by Crippen LogP contribution is -2.39. The first-order valence-electron chi connectivity index (χ1n) is 6.51. The van der Waals surface area contributed by atoms with E-state index in [4.69, 9.17) is 11.6 Å². The van der Waals surface area contributed by atoms with Gasteiger partial charge in [-0.25, -0.2) is 0 Å². The standard InChI is InChI=1S/C15H23ClN2O/c1-7-17-14(19)12-11(18(6)15(3,4)5)9-8-10(2)13(12)16/h8-9H,7H2,1-6H3,(H,17,19). The van der Waals surface area contributed by atoms with E-state index >= 15 is 0 Å². The highest BCUT2D eigenvalue weighted by atomic mass is 35.5. The van der Waals surface area contributed by atoms with Crippen LogP contribution < -0.4 is 10.2 Å². The van der Waals surface area contributed by atoms with E-state index in [9.17, 15) is 4.79 Å². The number of rotatable bonds is 3. The maximum atomic E-state index is 12.2. The molecule has 4 heteroatoms. The summed E-state index contributed by atoms with van der Waals surface area (Å²) in [6.45, 7) is 10.7. The van der Waals surface area contributed by atoms with E-state index in [1.165, 1.54) is 0 Å². The highest BCUT2D eigenvalue weighted by Crippen LogP contribution is 2.33. The van der Waals surface area contributed by atoms with Crippen LogP contribution in [-0.2, 0) is 0 Å². The van der Waals surface area contributed by atoms with Gasteiger partial charge in [-0.05, 0) is 46.2 Å². The van der Waals surface area contributed by atoms with Gasteiger partial charge in [-0.1, -0.05) is 17.7 Å². The number of benzene rings is 1. The van der Waals surface area contributed by atoms with Gasteiger partial charge in [0.25, 0.3) is 5.91 Å². The van der Waals surface area contributed by atoms with Crippen LogP contribution in [0.15, 0.2) is 12.1 Å². The minimum absolute atomic E-state index is 0.0835. The van der Waals surface area contributed by atoms with Crippen LogP contribution in [0, 0.1) is 6.92 Å². The second kappa shape index (κ2) is 5.83. The van der Waals surface area contributed by atoms with Gasteiger partial charge >= 0.3 is 0 Å². The fourth-order valence-electron chi connectivity index (χ4n) is 1.78. The van der Waals surface area contributed by atoms with E-state index in [2.05, 4.69) is 31.0 Å². The number of hydrogen-bond donors (Lipinski definition) is 1. The van der Waals surface area contributed by atoms with Gasteiger partial charge in [-0.15, -0.1) is 0 Å². The number of nitrogens with zero attached hydrogens (tertiary/aromatic N) is 1. The average molecular weight is 283 g/mol. The van der Waals surface area contributed by atoms with E-state index in [-0.39, 0.29) is 11.4 Å². The fraction of sp³-hybridized carbons (Fsp3) is 0.533. The van der Waals surface area contributed by atoms with Crippen LogP contribution in [0.2, 0.25) is 5.02 Å². The number of nitrogens with one attached hydrogen (secondary N) is 1. The molecule has 0 atom stereocenters. The highest BCUT2D eigenvalue weighted by molar-refractivity contribution is 6.35. The second-order valence-corrected chi connectivity index (χ2v) is 6.06. The molecular formula is C15H23ClN2O. The molecule has 0 aromatic heterocycles. The Morgan fingerprint density at radius 3 is 2.42 bits per heavy atom. The molecule has 1 aromatic rings. The van der Waals surface area contributed by atoms with Gasteiger partial charge in [0.2, 0.25) is 0 Å². The van der Waals surface area contributed by atoms with Gasteiger partial charge in [0, 0.05) is 19.1 Å². The van der Waals surface area contributed by atoms with E-state index < -0.39 is 0 Å². The third-order valence-corrected chi connectivity index (χ3v) is 3.73. The average Bonchev–Trinajstić information content (AvgIpc) is 2.30. The molecule has 106 valence electrons. The Bertz CT molecular complexity index is 478. The molecule has 0 saturated heterocycles. The number of carbonyl (C=O) groups is 1. The van der Waals surface area contributed by atoms with Crippen molar-refractivity contribution in [2.24, 2.45) is 0 Å². The van der Waals surface area contributed by atoms with Crippen LogP contribution in [-0.4, -0.2) is 25.0 Å². The van der Waals surface area contributed by atoms with Crippen molar-refractivity contribution in [3.63, 3.8) is 0 Å². The first-order valence-corrected chi connectivity index (χ1v) is 6.89. The zero-order chi connectivity index (χ0) is 14.8. The lowest BCUT2D eigenvalue weighted by molar-refractivity contribution is 0.0956. The zero-order valence-electron chi connectivity index (χ0n) is 12.6. The van der Waals surface area contributed by atoms with E-state index in [0.717, 1.165) is 11.3 Å². The summed E-state index contributed by atoms with van der Waals surface area (Å²) in [5, 5.41) is 3.35. The third-order valence-electron chi connectivity index (χ3n) is 3.25. The molecule has 1 rings (SSSR count). The molecule has 1 amide bonds. The van der Waals surface area contributed by atoms with Crippen LogP contribution in [0.4, 0.5) is 5.69 Å². The topological polar surface area (TPSA) is 32.3 Å². The van der Waals surface area contributed by atoms with Crippen LogP contribution in [0.5, 0.6) is 0 Å². The van der Waals surface area contributed by atoms with Gasteiger partial charge in [-0.3, -0.25) is 4.79 Å². The second-order valence-electron chi connectivity index (χ2n) is 5.68. The van der Waals surface area contributed by atoms with Crippen molar-refractivity contribution in [1.82, 2.24) is 5.32 Å². The van der Waals surface area contributed by atoms with Crippen molar-refractivity contribution >= 4 is 23.2 Å². The lowest BCUT2D eigenvalue weighted by atomic mass is 10.0. The van der Waals surface area contributed by atoms with Gasteiger partial charge < -0.3 is 10.2 Å². The minimum atomic E-state index is -0.123. The van der Waals surface area contributed by atoms with E-state index in [1.807, 2.05) is 33.0 Å². The molecule has 0 aliphatic carbocycles. The van der Waals surface area contributed by atoms with Crippen molar-refractivity contribution in [3.05, 3.63) is 28.3 Å². The van der Waals surface area contributed by atoms with E-state index in [0.29, 0.717) is 17.1 Å². The van der Waals surface area contributed by atoms with Crippen molar-refractivity contribution < 1.29 is 4.79 Å². The molecular weight excluding hydrogens is 260 g/mol.